The Labute approximate surface area is 217 Å². The number of hydrogen-bond donors (Lipinski definition) is 1. The lowest BCUT2D eigenvalue weighted by Crippen LogP contribution is -2.49. The predicted molar refractivity (Wildman–Crippen MR) is 145 cm³/mol. The molecule has 0 radical (unpaired) electrons. The van der Waals surface area contributed by atoms with Crippen molar-refractivity contribution in [1.82, 2.24) is 30.1 Å². The Morgan fingerprint density at radius 1 is 1.03 bits per heavy atom. The van der Waals surface area contributed by atoms with E-state index in [1.807, 2.05) is 13.0 Å². The molecule has 0 aliphatic carbocycles. The van der Waals surface area contributed by atoms with Gasteiger partial charge in [0.15, 0.2) is 5.82 Å². The van der Waals surface area contributed by atoms with Gasteiger partial charge in [-0.2, -0.15) is 0 Å². The summed E-state index contributed by atoms with van der Waals surface area (Å²) in [6, 6.07) is 12.3. The van der Waals surface area contributed by atoms with Crippen molar-refractivity contribution in [2.45, 2.75) is 40.3 Å². The number of anilines is 1. The minimum atomic E-state index is -0.374. The second kappa shape index (κ2) is 10.4. The molecule has 0 bridgehead atoms. The minimum absolute atomic E-state index is 0.109. The molecule has 2 aromatic carbocycles. The van der Waals surface area contributed by atoms with Crippen LogP contribution in [0, 0.1) is 27.7 Å². The maximum atomic E-state index is 13.5. The molecule has 1 fully saturated rings. The molecule has 1 saturated heterocycles. The molecule has 9 nitrogen and oxygen atoms in total. The SMILES string of the molecule is COCCn1nnnc1[C@H](c1cc2cc(C)cc(C)c2[nH]c1=O)N1CCN(c2cccc(C)c2C)CC1. The van der Waals surface area contributed by atoms with Gasteiger partial charge in [0.25, 0.3) is 5.56 Å². The van der Waals surface area contributed by atoms with Crippen molar-refractivity contribution < 1.29 is 4.74 Å². The first kappa shape index (κ1) is 25.1. The van der Waals surface area contributed by atoms with E-state index in [9.17, 15) is 4.79 Å². The summed E-state index contributed by atoms with van der Waals surface area (Å²) < 4.78 is 7.05. The number of fused-ring (bicyclic) bond motifs is 1. The third kappa shape index (κ3) is 4.89. The Bertz CT molecular complexity index is 1470. The van der Waals surface area contributed by atoms with E-state index in [1.54, 1.807) is 11.8 Å². The van der Waals surface area contributed by atoms with E-state index in [-0.39, 0.29) is 11.6 Å². The number of tetrazole rings is 1. The molecular formula is C28H35N7O2. The van der Waals surface area contributed by atoms with Crippen molar-refractivity contribution in [3.05, 3.63) is 80.4 Å². The molecule has 0 spiro atoms. The van der Waals surface area contributed by atoms with Gasteiger partial charge in [-0.05, 0) is 78.4 Å². The van der Waals surface area contributed by atoms with Gasteiger partial charge >= 0.3 is 0 Å². The third-order valence-corrected chi connectivity index (χ3v) is 7.52. The highest BCUT2D eigenvalue weighted by Gasteiger charge is 2.33. The van der Waals surface area contributed by atoms with Crippen LogP contribution in [0.25, 0.3) is 10.9 Å². The minimum Gasteiger partial charge on any atom is -0.383 e. The molecule has 1 aliphatic heterocycles. The van der Waals surface area contributed by atoms with Gasteiger partial charge in [-0.1, -0.05) is 23.8 Å². The van der Waals surface area contributed by atoms with E-state index in [1.165, 1.54) is 16.8 Å². The first-order chi connectivity index (χ1) is 17.9. The number of benzene rings is 2. The lowest BCUT2D eigenvalue weighted by atomic mass is 10.00. The largest absolute Gasteiger partial charge is 0.383 e. The van der Waals surface area contributed by atoms with Crippen LogP contribution in [-0.4, -0.2) is 70.0 Å². The number of pyridine rings is 1. The Hall–Kier alpha value is -3.56. The highest BCUT2D eigenvalue weighted by Crippen LogP contribution is 2.30. The normalized spacial score (nSPS) is 15.4. The number of H-pyrrole nitrogens is 1. The summed E-state index contributed by atoms with van der Waals surface area (Å²) in [6.07, 6.45) is 0. The Morgan fingerprint density at radius 3 is 2.57 bits per heavy atom. The fourth-order valence-electron chi connectivity index (χ4n) is 5.45. The van der Waals surface area contributed by atoms with Gasteiger partial charge in [0.2, 0.25) is 0 Å². The van der Waals surface area contributed by atoms with Crippen LogP contribution in [0.4, 0.5) is 5.69 Å². The number of nitrogens with one attached hydrogen (secondary N) is 1. The molecule has 9 heteroatoms. The number of hydrogen-bond acceptors (Lipinski definition) is 7. The third-order valence-electron chi connectivity index (χ3n) is 7.52. The summed E-state index contributed by atoms with van der Waals surface area (Å²) in [4.78, 5) is 21.5. The van der Waals surface area contributed by atoms with Crippen LogP contribution in [0.3, 0.4) is 0 Å². The van der Waals surface area contributed by atoms with Gasteiger partial charge in [-0.3, -0.25) is 9.69 Å². The lowest BCUT2D eigenvalue weighted by Gasteiger charge is -2.40. The number of aromatic amines is 1. The van der Waals surface area contributed by atoms with Crippen LogP contribution in [0.15, 0.2) is 41.2 Å². The van der Waals surface area contributed by atoms with Crippen LogP contribution in [0.1, 0.15) is 39.7 Å². The summed E-state index contributed by atoms with van der Waals surface area (Å²) >= 11 is 0. The van der Waals surface area contributed by atoms with Gasteiger partial charge in [0.1, 0.15) is 6.04 Å². The molecule has 194 valence electrons. The average Bonchev–Trinajstić information content (AvgIpc) is 3.34. The molecule has 1 atom stereocenters. The summed E-state index contributed by atoms with van der Waals surface area (Å²) in [5.74, 6) is 0.659. The van der Waals surface area contributed by atoms with Crippen molar-refractivity contribution in [2.75, 3.05) is 44.8 Å². The number of nitrogens with zero attached hydrogens (tertiary/aromatic N) is 6. The van der Waals surface area contributed by atoms with Crippen LogP contribution in [-0.2, 0) is 11.3 Å². The van der Waals surface area contributed by atoms with E-state index >= 15 is 0 Å². The molecule has 2 aromatic heterocycles. The standard InChI is InChI=1S/C28H35N7O2/c1-18-15-20(3)25-22(16-18)17-23(28(36)29-25)26(27-30-31-32-35(27)13-14-37-5)34-11-9-33(10-12-34)24-8-6-7-19(2)21(24)4/h6-8,15-17,26H,9-14H2,1-5H3,(H,29,36)/t26-/m0/s1. The maximum absolute atomic E-state index is 13.5. The van der Waals surface area contributed by atoms with Gasteiger partial charge < -0.3 is 14.6 Å². The van der Waals surface area contributed by atoms with E-state index in [2.05, 4.69) is 81.4 Å². The summed E-state index contributed by atoms with van der Waals surface area (Å²) in [6.45, 7) is 12.7. The monoisotopic (exact) mass is 501 g/mol. The molecule has 37 heavy (non-hydrogen) atoms. The number of methoxy groups -OCH3 is 1. The van der Waals surface area contributed by atoms with E-state index < -0.39 is 0 Å². The second-order valence-electron chi connectivity index (χ2n) is 10.00. The summed E-state index contributed by atoms with van der Waals surface area (Å²) in [7, 11) is 1.66. The van der Waals surface area contributed by atoms with Crippen molar-refractivity contribution in [2.24, 2.45) is 0 Å². The zero-order valence-electron chi connectivity index (χ0n) is 22.3. The van der Waals surface area contributed by atoms with Crippen LogP contribution in [0.5, 0.6) is 0 Å². The molecule has 1 aliphatic rings. The van der Waals surface area contributed by atoms with Crippen molar-refractivity contribution in [1.29, 1.82) is 0 Å². The van der Waals surface area contributed by atoms with E-state index in [0.717, 1.165) is 48.2 Å². The Kier molecular flexibility index (Phi) is 7.08. The molecule has 1 N–H and O–H groups in total. The molecule has 0 amide bonds. The first-order valence-electron chi connectivity index (χ1n) is 12.8. The molecular weight excluding hydrogens is 466 g/mol. The zero-order chi connectivity index (χ0) is 26.1. The number of ether oxygens (including phenoxy) is 1. The van der Waals surface area contributed by atoms with E-state index in [0.29, 0.717) is 24.5 Å². The summed E-state index contributed by atoms with van der Waals surface area (Å²) in [5, 5.41) is 13.6. The number of aryl methyl sites for hydroxylation is 3. The molecule has 0 unspecified atom stereocenters. The predicted octanol–water partition coefficient (Wildman–Crippen LogP) is 3.31. The number of piperazine rings is 1. The van der Waals surface area contributed by atoms with Gasteiger partial charge in [0, 0.05) is 44.5 Å². The highest BCUT2D eigenvalue weighted by atomic mass is 16.5. The smallest absolute Gasteiger partial charge is 0.253 e. The maximum Gasteiger partial charge on any atom is 0.253 e. The summed E-state index contributed by atoms with van der Waals surface area (Å²) in [5.41, 5.74) is 7.52. The van der Waals surface area contributed by atoms with Crippen LogP contribution in [0.2, 0.25) is 0 Å². The van der Waals surface area contributed by atoms with Gasteiger partial charge in [0.05, 0.1) is 18.7 Å². The molecule has 0 saturated carbocycles. The highest BCUT2D eigenvalue weighted by molar-refractivity contribution is 5.83. The van der Waals surface area contributed by atoms with Gasteiger partial charge in [-0.15, -0.1) is 5.10 Å². The zero-order valence-corrected chi connectivity index (χ0v) is 22.3. The molecule has 3 heterocycles. The van der Waals surface area contributed by atoms with E-state index in [4.69, 9.17) is 4.74 Å². The fourth-order valence-corrected chi connectivity index (χ4v) is 5.45. The van der Waals surface area contributed by atoms with Crippen molar-refractivity contribution >= 4 is 16.6 Å². The number of rotatable bonds is 7. The van der Waals surface area contributed by atoms with Crippen molar-refractivity contribution in [3.63, 3.8) is 0 Å². The Morgan fingerprint density at radius 2 is 1.81 bits per heavy atom. The van der Waals surface area contributed by atoms with Crippen LogP contribution < -0.4 is 10.5 Å². The van der Waals surface area contributed by atoms with Crippen LogP contribution >= 0.6 is 0 Å². The first-order valence-corrected chi connectivity index (χ1v) is 12.8. The van der Waals surface area contributed by atoms with Crippen molar-refractivity contribution in [3.8, 4) is 0 Å². The number of aromatic nitrogens is 5. The molecule has 4 aromatic rings. The van der Waals surface area contributed by atoms with Gasteiger partial charge in [-0.25, -0.2) is 4.68 Å². The fraction of sp³-hybridized carbons (Fsp3) is 0.429. The quantitative estimate of drug-likeness (QED) is 0.415. The molecule has 5 rings (SSSR count). The Balaban J connectivity index is 1.54. The topological polar surface area (TPSA) is 92.2 Å². The second-order valence-corrected chi connectivity index (χ2v) is 10.00. The average molecular weight is 502 g/mol. The lowest BCUT2D eigenvalue weighted by molar-refractivity contribution is 0.171.